The number of halogens is 2. The molecule has 1 aromatic carbocycles. The standard InChI is InChI=1S/C15H20ClFN2O2/c1-18(2)12-7-13(9-20)19(8-12)15(21)5-10-3-4-11(17)6-14(10)16/h3-4,6,12-13,20H,5,7-9H2,1-2H3/t12-,13+/m1/s1. The van der Waals surface area contributed by atoms with Crippen LogP contribution >= 0.6 is 11.6 Å². The van der Waals surface area contributed by atoms with E-state index in [1.807, 2.05) is 14.1 Å². The smallest absolute Gasteiger partial charge is 0.227 e. The molecule has 0 unspecified atom stereocenters. The number of carbonyl (C=O) groups excluding carboxylic acids is 1. The summed E-state index contributed by atoms with van der Waals surface area (Å²) in [5, 5.41) is 9.71. The van der Waals surface area contributed by atoms with Crippen molar-refractivity contribution in [1.82, 2.24) is 9.80 Å². The first-order valence-electron chi connectivity index (χ1n) is 6.93. The number of amides is 1. The highest BCUT2D eigenvalue weighted by atomic mass is 35.5. The van der Waals surface area contributed by atoms with Gasteiger partial charge in [-0.15, -0.1) is 0 Å². The lowest BCUT2D eigenvalue weighted by atomic mass is 10.1. The Hall–Kier alpha value is -1.17. The fourth-order valence-electron chi connectivity index (χ4n) is 2.67. The zero-order chi connectivity index (χ0) is 15.6. The minimum Gasteiger partial charge on any atom is -0.394 e. The number of likely N-dealkylation sites (tertiary alicyclic amines) is 1. The largest absolute Gasteiger partial charge is 0.394 e. The maximum atomic E-state index is 13.0. The van der Waals surface area contributed by atoms with Gasteiger partial charge in [0, 0.05) is 17.6 Å². The number of aliphatic hydroxyl groups excluding tert-OH is 1. The van der Waals surface area contributed by atoms with Crippen LogP contribution < -0.4 is 0 Å². The number of hydrogen-bond donors (Lipinski definition) is 1. The molecule has 0 radical (unpaired) electrons. The molecule has 116 valence electrons. The normalized spacial score (nSPS) is 22.1. The van der Waals surface area contributed by atoms with Crippen LogP contribution in [0.25, 0.3) is 0 Å². The molecule has 0 saturated carbocycles. The predicted molar refractivity (Wildman–Crippen MR) is 79.8 cm³/mol. The molecular weight excluding hydrogens is 295 g/mol. The highest BCUT2D eigenvalue weighted by molar-refractivity contribution is 6.31. The highest BCUT2D eigenvalue weighted by Crippen LogP contribution is 2.23. The van der Waals surface area contributed by atoms with Gasteiger partial charge in [0.25, 0.3) is 0 Å². The number of hydrogen-bond acceptors (Lipinski definition) is 3. The van der Waals surface area contributed by atoms with Crippen LogP contribution in [0.2, 0.25) is 5.02 Å². The van der Waals surface area contributed by atoms with Crippen molar-refractivity contribution in [3.8, 4) is 0 Å². The Balaban J connectivity index is 2.08. The van der Waals surface area contributed by atoms with E-state index in [0.29, 0.717) is 12.1 Å². The molecule has 21 heavy (non-hydrogen) atoms. The average molecular weight is 315 g/mol. The van der Waals surface area contributed by atoms with Gasteiger partial charge in [-0.3, -0.25) is 4.79 Å². The number of benzene rings is 1. The quantitative estimate of drug-likeness (QED) is 0.917. The molecule has 1 amide bonds. The molecular formula is C15H20ClFN2O2. The summed E-state index contributed by atoms with van der Waals surface area (Å²) in [6.45, 7) is 0.545. The van der Waals surface area contributed by atoms with E-state index in [9.17, 15) is 14.3 Å². The minimum atomic E-state index is -0.418. The SMILES string of the molecule is CN(C)[C@@H]1C[C@@H](CO)N(C(=O)Cc2ccc(F)cc2Cl)C1. The van der Waals surface area contributed by atoms with E-state index in [4.69, 9.17) is 11.6 Å². The molecule has 4 nitrogen and oxygen atoms in total. The summed E-state index contributed by atoms with van der Waals surface area (Å²) in [4.78, 5) is 16.2. The van der Waals surface area contributed by atoms with Crippen molar-refractivity contribution >= 4 is 17.5 Å². The average Bonchev–Trinajstić information content (AvgIpc) is 2.86. The van der Waals surface area contributed by atoms with E-state index in [2.05, 4.69) is 4.90 Å². The van der Waals surface area contributed by atoms with Crippen LogP contribution in [0, 0.1) is 5.82 Å². The van der Waals surface area contributed by atoms with Crippen LogP contribution in [-0.2, 0) is 11.2 Å². The lowest BCUT2D eigenvalue weighted by Crippen LogP contribution is -2.39. The molecule has 1 fully saturated rings. The maximum absolute atomic E-state index is 13.0. The van der Waals surface area contributed by atoms with Crippen molar-refractivity contribution in [2.45, 2.75) is 24.9 Å². The van der Waals surface area contributed by atoms with Crippen LogP contribution in [0.3, 0.4) is 0 Å². The highest BCUT2D eigenvalue weighted by Gasteiger charge is 2.35. The van der Waals surface area contributed by atoms with Crippen molar-refractivity contribution in [2.75, 3.05) is 27.2 Å². The van der Waals surface area contributed by atoms with Gasteiger partial charge in [-0.05, 0) is 38.2 Å². The second-order valence-electron chi connectivity index (χ2n) is 5.65. The number of likely N-dealkylation sites (N-methyl/N-ethyl adjacent to an activating group) is 1. The minimum absolute atomic E-state index is 0.0484. The van der Waals surface area contributed by atoms with Crippen molar-refractivity contribution < 1.29 is 14.3 Å². The van der Waals surface area contributed by atoms with Gasteiger partial charge in [0.1, 0.15) is 5.82 Å². The third-order valence-electron chi connectivity index (χ3n) is 4.01. The molecule has 1 N–H and O–H groups in total. The zero-order valence-electron chi connectivity index (χ0n) is 12.2. The summed E-state index contributed by atoms with van der Waals surface area (Å²) in [6.07, 6.45) is 0.877. The Labute approximate surface area is 129 Å². The van der Waals surface area contributed by atoms with Crippen LogP contribution in [0.5, 0.6) is 0 Å². The van der Waals surface area contributed by atoms with Gasteiger partial charge in [-0.2, -0.15) is 0 Å². The topological polar surface area (TPSA) is 43.8 Å². The number of aliphatic hydroxyl groups is 1. The van der Waals surface area contributed by atoms with Gasteiger partial charge in [-0.1, -0.05) is 17.7 Å². The van der Waals surface area contributed by atoms with Crippen molar-refractivity contribution in [2.24, 2.45) is 0 Å². The Morgan fingerprint density at radius 3 is 2.81 bits per heavy atom. The third kappa shape index (κ3) is 3.73. The molecule has 1 aliphatic rings. The molecule has 6 heteroatoms. The van der Waals surface area contributed by atoms with E-state index < -0.39 is 5.82 Å². The summed E-state index contributed by atoms with van der Waals surface area (Å²) >= 11 is 5.96. The van der Waals surface area contributed by atoms with Gasteiger partial charge in [-0.25, -0.2) is 4.39 Å². The Morgan fingerprint density at radius 2 is 2.24 bits per heavy atom. The molecule has 1 heterocycles. The molecule has 0 bridgehead atoms. The molecule has 0 aliphatic carbocycles. The summed E-state index contributed by atoms with van der Waals surface area (Å²) in [7, 11) is 3.92. The zero-order valence-corrected chi connectivity index (χ0v) is 13.0. The molecule has 2 atom stereocenters. The van der Waals surface area contributed by atoms with E-state index in [1.165, 1.54) is 18.2 Å². The van der Waals surface area contributed by atoms with Gasteiger partial charge < -0.3 is 14.9 Å². The third-order valence-corrected chi connectivity index (χ3v) is 4.36. The number of nitrogens with zero attached hydrogens (tertiary/aromatic N) is 2. The van der Waals surface area contributed by atoms with E-state index in [0.717, 1.165) is 6.42 Å². The fraction of sp³-hybridized carbons (Fsp3) is 0.533. The second-order valence-corrected chi connectivity index (χ2v) is 6.06. The van der Waals surface area contributed by atoms with Gasteiger partial charge in [0.05, 0.1) is 19.1 Å². The van der Waals surface area contributed by atoms with Crippen molar-refractivity contribution in [3.05, 3.63) is 34.6 Å². The molecule has 0 spiro atoms. The lowest BCUT2D eigenvalue weighted by Gasteiger charge is -2.23. The molecule has 1 saturated heterocycles. The van der Waals surface area contributed by atoms with Crippen LogP contribution in [0.4, 0.5) is 4.39 Å². The lowest BCUT2D eigenvalue weighted by molar-refractivity contribution is -0.132. The molecule has 0 aromatic heterocycles. The summed E-state index contributed by atoms with van der Waals surface area (Å²) in [6, 6.07) is 4.12. The van der Waals surface area contributed by atoms with E-state index >= 15 is 0 Å². The van der Waals surface area contributed by atoms with Crippen LogP contribution in [0.1, 0.15) is 12.0 Å². The Bertz CT molecular complexity index is 524. The second kappa shape index (κ2) is 6.73. The molecule has 1 aliphatic heterocycles. The Morgan fingerprint density at radius 1 is 1.52 bits per heavy atom. The number of carbonyl (C=O) groups is 1. The first kappa shape index (κ1) is 16.2. The van der Waals surface area contributed by atoms with Gasteiger partial charge >= 0.3 is 0 Å². The molecule has 2 rings (SSSR count). The van der Waals surface area contributed by atoms with Crippen LogP contribution in [0.15, 0.2) is 18.2 Å². The first-order chi connectivity index (χ1) is 9.92. The Kier molecular flexibility index (Phi) is 5.19. The fourth-order valence-corrected chi connectivity index (χ4v) is 2.91. The van der Waals surface area contributed by atoms with Crippen molar-refractivity contribution in [3.63, 3.8) is 0 Å². The van der Waals surface area contributed by atoms with Crippen LogP contribution in [-0.4, -0.2) is 60.1 Å². The summed E-state index contributed by atoms with van der Waals surface area (Å²) in [5.41, 5.74) is 0.605. The van der Waals surface area contributed by atoms with E-state index in [1.54, 1.807) is 4.90 Å². The summed E-state index contributed by atoms with van der Waals surface area (Å²) in [5.74, 6) is -0.509. The van der Waals surface area contributed by atoms with E-state index in [-0.39, 0.29) is 36.0 Å². The first-order valence-corrected chi connectivity index (χ1v) is 7.31. The monoisotopic (exact) mass is 314 g/mol. The van der Waals surface area contributed by atoms with Gasteiger partial charge in [0.2, 0.25) is 5.91 Å². The predicted octanol–water partition coefficient (Wildman–Crippen LogP) is 1.54. The van der Waals surface area contributed by atoms with Crippen molar-refractivity contribution in [1.29, 1.82) is 0 Å². The molecule has 1 aromatic rings. The van der Waals surface area contributed by atoms with Gasteiger partial charge in [0.15, 0.2) is 0 Å². The number of rotatable bonds is 4. The summed E-state index contributed by atoms with van der Waals surface area (Å²) < 4.78 is 13.0. The maximum Gasteiger partial charge on any atom is 0.227 e.